The highest BCUT2D eigenvalue weighted by molar-refractivity contribution is 6.13. The number of fused-ring (bicyclic) bond motifs is 6. The van der Waals surface area contributed by atoms with Gasteiger partial charge in [-0.05, 0) is 58.7 Å². The Bertz CT molecular complexity index is 3470. The molecule has 3 aromatic heterocycles. The van der Waals surface area contributed by atoms with E-state index in [2.05, 4.69) is 59.2 Å². The third-order valence-electron chi connectivity index (χ3n) is 10.4. The Hall–Kier alpha value is -7.63. The van der Waals surface area contributed by atoms with Crippen molar-refractivity contribution >= 4 is 43.7 Å². The summed E-state index contributed by atoms with van der Waals surface area (Å²) in [5.74, 6) is 0.423. The second kappa shape index (κ2) is 13.0. The van der Waals surface area contributed by atoms with E-state index in [4.69, 9.17) is 26.2 Å². The van der Waals surface area contributed by atoms with Crippen LogP contribution in [0.5, 0.6) is 0 Å². The van der Waals surface area contributed by atoms with Crippen molar-refractivity contribution in [2.75, 3.05) is 0 Å². The minimum atomic E-state index is -0.500. The Balaban J connectivity index is 1.26. The summed E-state index contributed by atoms with van der Waals surface area (Å²) in [6.07, 6.45) is 0. The number of hydrogen-bond acceptors (Lipinski definition) is 4. The van der Waals surface area contributed by atoms with Crippen LogP contribution in [0, 0.1) is 0 Å². The Kier molecular flexibility index (Phi) is 6.29. The molecule has 0 saturated carbocycles. The number of furan rings is 1. The SMILES string of the molecule is [2H]c1c([2H])c([2H])c(-c2nc(-c3ccccc3-c3ccccc3)nc(-c3cc(-n4c5ccccc5c5ccccc54)cc4c3oc3cc(-c5ccccc5)ccc34)n2)c([2H])c1[2H]. The van der Waals surface area contributed by atoms with E-state index < -0.39 is 30.2 Å². The third kappa shape index (κ3) is 5.29. The van der Waals surface area contributed by atoms with Gasteiger partial charge in [0.25, 0.3) is 0 Å². The molecule has 0 amide bonds. The quantitative estimate of drug-likeness (QED) is 0.172. The molecule has 5 heteroatoms. The number of benzene rings is 8. The van der Waals surface area contributed by atoms with Gasteiger partial charge in [-0.1, -0.05) is 158 Å². The van der Waals surface area contributed by atoms with Gasteiger partial charge < -0.3 is 8.98 Å². The van der Waals surface area contributed by atoms with Crippen LogP contribution in [-0.4, -0.2) is 19.5 Å². The molecule has 0 N–H and O–H groups in total. The molecule has 0 unspecified atom stereocenters. The zero-order valence-corrected chi connectivity index (χ0v) is 29.8. The van der Waals surface area contributed by atoms with Gasteiger partial charge in [0.05, 0.1) is 23.5 Å². The number of nitrogens with zero attached hydrogens (tertiary/aromatic N) is 4. The molecular formula is C51H32N4O. The van der Waals surface area contributed by atoms with E-state index in [1.54, 1.807) is 0 Å². The van der Waals surface area contributed by atoms with Gasteiger partial charge >= 0.3 is 0 Å². The van der Waals surface area contributed by atoms with Gasteiger partial charge in [0.2, 0.25) is 0 Å². The predicted octanol–water partition coefficient (Wildman–Crippen LogP) is 13.2. The van der Waals surface area contributed by atoms with Crippen LogP contribution in [0.4, 0.5) is 0 Å². The molecule has 0 atom stereocenters. The summed E-state index contributed by atoms with van der Waals surface area (Å²) in [4.78, 5) is 15.1. The van der Waals surface area contributed by atoms with Gasteiger partial charge in [-0.3, -0.25) is 0 Å². The molecule has 0 saturated heterocycles. The van der Waals surface area contributed by atoms with Crippen molar-refractivity contribution in [3.05, 3.63) is 194 Å². The van der Waals surface area contributed by atoms with Crippen LogP contribution < -0.4 is 0 Å². The molecule has 56 heavy (non-hydrogen) atoms. The van der Waals surface area contributed by atoms with Gasteiger partial charge in [-0.25, -0.2) is 15.0 Å². The molecule has 0 radical (unpaired) electrons. The number of rotatable bonds is 6. The first kappa shape index (κ1) is 27.0. The van der Waals surface area contributed by atoms with Crippen molar-refractivity contribution < 1.29 is 11.3 Å². The first-order chi connectivity index (χ1) is 29.8. The fraction of sp³-hybridized carbons (Fsp3) is 0. The van der Waals surface area contributed by atoms with Crippen molar-refractivity contribution in [1.29, 1.82) is 0 Å². The summed E-state index contributed by atoms with van der Waals surface area (Å²) >= 11 is 0. The average Bonchev–Trinajstić information content (AvgIpc) is 3.86. The zero-order valence-electron chi connectivity index (χ0n) is 34.8. The van der Waals surface area contributed by atoms with Gasteiger partial charge in [0.1, 0.15) is 11.2 Å². The van der Waals surface area contributed by atoms with Crippen LogP contribution in [0.2, 0.25) is 0 Å². The third-order valence-corrected chi connectivity index (χ3v) is 10.4. The zero-order chi connectivity index (χ0) is 41.4. The Labute approximate surface area is 329 Å². The van der Waals surface area contributed by atoms with Crippen molar-refractivity contribution in [2.45, 2.75) is 0 Å². The van der Waals surface area contributed by atoms with E-state index in [0.717, 1.165) is 60.5 Å². The first-order valence-corrected chi connectivity index (χ1v) is 18.4. The van der Waals surface area contributed by atoms with E-state index in [1.165, 1.54) is 0 Å². The van der Waals surface area contributed by atoms with E-state index in [0.29, 0.717) is 22.3 Å². The summed E-state index contributed by atoms with van der Waals surface area (Å²) in [6.45, 7) is 0. The standard InChI is InChI=1S/C51H32N4O/c1-4-16-33(17-5-1)36-28-29-41-43-31-37(55-45-26-14-12-23-39(45)40-24-13-15-27-46(40)55)32-44(48(43)56-47(41)30-36)51-53-49(35-20-8-3-9-21-35)52-50(54-51)42-25-11-10-22-38(42)34-18-6-2-7-19-34/h1-32H/i3D,8D,9D,20D,21D. The fourth-order valence-corrected chi connectivity index (χ4v) is 7.81. The van der Waals surface area contributed by atoms with Crippen molar-refractivity contribution in [2.24, 2.45) is 0 Å². The molecule has 0 spiro atoms. The lowest BCUT2D eigenvalue weighted by Crippen LogP contribution is -2.02. The molecule has 3 heterocycles. The molecule has 5 nitrogen and oxygen atoms in total. The van der Waals surface area contributed by atoms with Crippen molar-refractivity contribution in [3.8, 4) is 62.1 Å². The molecule has 0 aliphatic rings. The first-order valence-electron chi connectivity index (χ1n) is 20.9. The normalized spacial score (nSPS) is 12.8. The summed E-state index contributed by atoms with van der Waals surface area (Å²) in [5, 5.41) is 3.94. The van der Waals surface area contributed by atoms with E-state index >= 15 is 0 Å². The number of para-hydroxylation sites is 2. The molecule has 8 aromatic carbocycles. The monoisotopic (exact) mass is 721 g/mol. The summed E-state index contributed by atoms with van der Waals surface area (Å²) in [5.41, 5.74) is 9.02. The molecular weight excluding hydrogens is 685 g/mol. The maximum atomic E-state index is 8.98. The molecule has 262 valence electrons. The Morgan fingerprint density at radius 2 is 1.00 bits per heavy atom. The minimum absolute atomic E-state index is 0.0576. The maximum Gasteiger partial charge on any atom is 0.167 e. The average molecular weight is 722 g/mol. The Morgan fingerprint density at radius 3 is 1.71 bits per heavy atom. The largest absolute Gasteiger partial charge is 0.455 e. The van der Waals surface area contributed by atoms with Gasteiger partial charge in [-0.2, -0.15) is 0 Å². The molecule has 11 aromatic rings. The summed E-state index contributed by atoms with van der Waals surface area (Å²) in [7, 11) is 0. The lowest BCUT2D eigenvalue weighted by molar-refractivity contribution is 0.669. The van der Waals surface area contributed by atoms with E-state index in [9.17, 15) is 0 Å². The van der Waals surface area contributed by atoms with Crippen LogP contribution in [0.15, 0.2) is 198 Å². The molecule has 0 aliphatic heterocycles. The Morgan fingerprint density at radius 1 is 0.411 bits per heavy atom. The lowest BCUT2D eigenvalue weighted by Gasteiger charge is -2.14. The topological polar surface area (TPSA) is 56.7 Å². The second-order valence-corrected chi connectivity index (χ2v) is 13.6. The van der Waals surface area contributed by atoms with Gasteiger partial charge in [0, 0.05) is 38.4 Å². The van der Waals surface area contributed by atoms with Gasteiger partial charge in [0.15, 0.2) is 17.5 Å². The predicted molar refractivity (Wildman–Crippen MR) is 229 cm³/mol. The van der Waals surface area contributed by atoms with E-state index in [-0.39, 0.29) is 23.0 Å². The van der Waals surface area contributed by atoms with Crippen LogP contribution in [0.3, 0.4) is 0 Å². The van der Waals surface area contributed by atoms with Gasteiger partial charge in [-0.15, -0.1) is 0 Å². The van der Waals surface area contributed by atoms with Crippen molar-refractivity contribution in [1.82, 2.24) is 19.5 Å². The molecule has 0 aliphatic carbocycles. The highest BCUT2D eigenvalue weighted by Crippen LogP contribution is 2.42. The number of hydrogen-bond donors (Lipinski definition) is 0. The summed E-state index contributed by atoms with van der Waals surface area (Å²) < 4.78 is 52.5. The molecule has 0 fully saturated rings. The summed E-state index contributed by atoms with van der Waals surface area (Å²) in [6, 6.07) is 52.5. The smallest absolute Gasteiger partial charge is 0.167 e. The molecule has 0 bridgehead atoms. The lowest BCUT2D eigenvalue weighted by atomic mass is 9.99. The highest BCUT2D eigenvalue weighted by Gasteiger charge is 2.22. The fourth-order valence-electron chi connectivity index (χ4n) is 7.81. The van der Waals surface area contributed by atoms with Crippen molar-refractivity contribution in [3.63, 3.8) is 0 Å². The van der Waals surface area contributed by atoms with E-state index in [1.807, 2.05) is 109 Å². The maximum absolute atomic E-state index is 8.98. The minimum Gasteiger partial charge on any atom is -0.455 e. The van der Waals surface area contributed by atoms with Crippen LogP contribution in [0.1, 0.15) is 6.85 Å². The van der Waals surface area contributed by atoms with Crippen LogP contribution in [-0.2, 0) is 0 Å². The second-order valence-electron chi connectivity index (χ2n) is 13.6. The highest BCUT2D eigenvalue weighted by atomic mass is 16.3. The van der Waals surface area contributed by atoms with Crippen LogP contribution in [0.25, 0.3) is 106 Å². The number of aromatic nitrogens is 4. The van der Waals surface area contributed by atoms with Crippen LogP contribution >= 0.6 is 0 Å². The molecule has 11 rings (SSSR count).